The normalized spacial score (nSPS) is 10.4. The first-order valence-electron chi connectivity index (χ1n) is 6.36. The maximum Gasteiger partial charge on any atom is 0.313 e. The van der Waals surface area contributed by atoms with Crippen molar-refractivity contribution in [2.24, 2.45) is 0 Å². The fraction of sp³-hybridized carbons (Fsp3) is 0.286. The van der Waals surface area contributed by atoms with Gasteiger partial charge in [-0.1, -0.05) is 6.07 Å². The Labute approximate surface area is 116 Å². The number of benzene rings is 1. The Morgan fingerprint density at radius 3 is 2.90 bits per heavy atom. The number of aromatic nitrogens is 1. The van der Waals surface area contributed by atoms with Crippen LogP contribution in [0.15, 0.2) is 30.5 Å². The zero-order chi connectivity index (χ0) is 14.4. The molecular formula is C14H17N3O3. The first kappa shape index (κ1) is 14.1. The van der Waals surface area contributed by atoms with Gasteiger partial charge in [0.2, 0.25) is 0 Å². The van der Waals surface area contributed by atoms with Crippen LogP contribution in [0.5, 0.6) is 0 Å². The van der Waals surface area contributed by atoms with Crippen molar-refractivity contribution in [2.75, 3.05) is 25.6 Å². The quantitative estimate of drug-likeness (QED) is 0.567. The number of H-pyrrole nitrogens is 1. The minimum atomic E-state index is -0.673. The van der Waals surface area contributed by atoms with Gasteiger partial charge in [0, 0.05) is 37.7 Å². The number of carbonyl (C=O) groups is 2. The molecule has 0 aliphatic rings. The van der Waals surface area contributed by atoms with E-state index in [2.05, 4.69) is 15.6 Å². The molecule has 1 heterocycles. The van der Waals surface area contributed by atoms with Gasteiger partial charge in [0.05, 0.1) is 0 Å². The van der Waals surface area contributed by atoms with Crippen molar-refractivity contribution in [1.82, 2.24) is 10.3 Å². The molecule has 20 heavy (non-hydrogen) atoms. The van der Waals surface area contributed by atoms with Crippen LogP contribution < -0.4 is 10.6 Å². The van der Waals surface area contributed by atoms with Crippen molar-refractivity contribution in [3.05, 3.63) is 30.5 Å². The van der Waals surface area contributed by atoms with E-state index in [1.807, 2.05) is 18.3 Å². The van der Waals surface area contributed by atoms with Crippen LogP contribution in [0.4, 0.5) is 5.69 Å². The van der Waals surface area contributed by atoms with Crippen molar-refractivity contribution in [3.63, 3.8) is 0 Å². The molecular weight excluding hydrogens is 258 g/mol. The molecule has 0 atom stereocenters. The Hall–Kier alpha value is -2.34. The summed E-state index contributed by atoms with van der Waals surface area (Å²) in [4.78, 5) is 26.3. The van der Waals surface area contributed by atoms with Crippen molar-refractivity contribution < 1.29 is 14.3 Å². The predicted octanol–water partition coefficient (Wildman–Crippen LogP) is 1.26. The molecule has 6 heteroatoms. The van der Waals surface area contributed by atoms with Gasteiger partial charge < -0.3 is 20.4 Å². The van der Waals surface area contributed by atoms with Crippen molar-refractivity contribution >= 4 is 28.4 Å². The lowest BCUT2D eigenvalue weighted by atomic mass is 10.2. The molecule has 3 N–H and O–H groups in total. The highest BCUT2D eigenvalue weighted by Gasteiger charge is 2.13. The van der Waals surface area contributed by atoms with Gasteiger partial charge in [0.15, 0.2) is 0 Å². The molecule has 0 saturated carbocycles. The summed E-state index contributed by atoms with van der Waals surface area (Å²) in [5.74, 6) is -1.32. The number of ether oxygens (including phenoxy) is 1. The Balaban J connectivity index is 1.88. The molecule has 106 valence electrons. The number of hydrogen-bond donors (Lipinski definition) is 3. The number of methoxy groups -OCH3 is 1. The summed E-state index contributed by atoms with van der Waals surface area (Å²) in [6.07, 6.45) is 2.49. The summed E-state index contributed by atoms with van der Waals surface area (Å²) in [6, 6.07) is 7.35. The van der Waals surface area contributed by atoms with Crippen LogP contribution in [0.25, 0.3) is 10.9 Å². The second-order valence-corrected chi connectivity index (χ2v) is 4.34. The van der Waals surface area contributed by atoms with Crippen LogP contribution in [0.1, 0.15) is 6.42 Å². The third kappa shape index (κ3) is 3.58. The number of carbonyl (C=O) groups excluding carboxylic acids is 2. The van der Waals surface area contributed by atoms with Crippen LogP contribution in [-0.2, 0) is 14.3 Å². The van der Waals surface area contributed by atoms with Gasteiger partial charge in [-0.05, 0) is 30.0 Å². The maximum atomic E-state index is 11.7. The van der Waals surface area contributed by atoms with Crippen LogP contribution in [0, 0.1) is 0 Å². The van der Waals surface area contributed by atoms with E-state index in [1.165, 1.54) is 0 Å². The molecule has 2 rings (SSSR count). The van der Waals surface area contributed by atoms with Crippen LogP contribution in [0.2, 0.25) is 0 Å². The molecule has 2 amide bonds. The highest BCUT2D eigenvalue weighted by molar-refractivity contribution is 6.39. The largest absolute Gasteiger partial charge is 0.385 e. The number of amides is 2. The van der Waals surface area contributed by atoms with Gasteiger partial charge in [-0.25, -0.2) is 0 Å². The zero-order valence-electron chi connectivity index (χ0n) is 11.2. The van der Waals surface area contributed by atoms with Gasteiger partial charge in [-0.15, -0.1) is 0 Å². The smallest absolute Gasteiger partial charge is 0.313 e. The molecule has 0 aliphatic carbocycles. The lowest BCUT2D eigenvalue weighted by Crippen LogP contribution is -2.36. The van der Waals surface area contributed by atoms with Crippen molar-refractivity contribution in [2.45, 2.75) is 6.42 Å². The highest BCUT2D eigenvalue weighted by Crippen LogP contribution is 2.17. The molecule has 0 bridgehead atoms. The van der Waals surface area contributed by atoms with E-state index in [0.29, 0.717) is 25.3 Å². The molecule has 1 aromatic heterocycles. The molecule has 1 aromatic carbocycles. The summed E-state index contributed by atoms with van der Waals surface area (Å²) in [5.41, 5.74) is 1.49. The van der Waals surface area contributed by atoms with Gasteiger partial charge in [0.1, 0.15) is 0 Å². The first-order chi connectivity index (χ1) is 9.70. The number of fused-ring (bicyclic) bond motifs is 1. The van der Waals surface area contributed by atoms with E-state index in [-0.39, 0.29) is 0 Å². The average Bonchev–Trinajstić information content (AvgIpc) is 2.90. The topological polar surface area (TPSA) is 83.2 Å². The minimum absolute atomic E-state index is 0.412. The SMILES string of the molecule is COCCCNC(=O)C(=O)Nc1ccc2cc[nH]c2c1. The van der Waals surface area contributed by atoms with E-state index in [9.17, 15) is 9.59 Å². The van der Waals surface area contributed by atoms with Crippen molar-refractivity contribution in [1.29, 1.82) is 0 Å². The Morgan fingerprint density at radius 1 is 1.25 bits per heavy atom. The standard InChI is InChI=1S/C14H17N3O3/c1-20-8-2-6-16-13(18)14(19)17-11-4-3-10-5-7-15-12(10)9-11/h3-5,7,9,15H,2,6,8H2,1H3,(H,16,18)(H,17,19). The Morgan fingerprint density at radius 2 is 2.10 bits per heavy atom. The Bertz CT molecular complexity index is 606. The van der Waals surface area contributed by atoms with E-state index < -0.39 is 11.8 Å². The van der Waals surface area contributed by atoms with Gasteiger partial charge >= 0.3 is 11.8 Å². The molecule has 0 aliphatic heterocycles. The third-order valence-electron chi connectivity index (χ3n) is 2.83. The van der Waals surface area contributed by atoms with E-state index in [1.54, 1.807) is 19.2 Å². The predicted molar refractivity (Wildman–Crippen MR) is 76.4 cm³/mol. The van der Waals surface area contributed by atoms with Gasteiger partial charge in [-0.3, -0.25) is 9.59 Å². The summed E-state index contributed by atoms with van der Waals surface area (Å²) >= 11 is 0. The van der Waals surface area contributed by atoms with E-state index in [0.717, 1.165) is 10.9 Å². The fourth-order valence-corrected chi connectivity index (χ4v) is 1.81. The number of anilines is 1. The van der Waals surface area contributed by atoms with Crippen LogP contribution in [-0.4, -0.2) is 37.1 Å². The first-order valence-corrected chi connectivity index (χ1v) is 6.36. The maximum absolute atomic E-state index is 11.7. The van der Waals surface area contributed by atoms with E-state index in [4.69, 9.17) is 4.74 Å². The molecule has 0 saturated heterocycles. The molecule has 0 fully saturated rings. The fourth-order valence-electron chi connectivity index (χ4n) is 1.81. The van der Waals surface area contributed by atoms with Gasteiger partial charge in [0.25, 0.3) is 0 Å². The number of rotatable bonds is 5. The van der Waals surface area contributed by atoms with E-state index >= 15 is 0 Å². The molecule has 0 unspecified atom stereocenters. The summed E-state index contributed by atoms with van der Waals surface area (Å²) in [5, 5.41) is 6.14. The molecule has 0 radical (unpaired) electrons. The van der Waals surface area contributed by atoms with Crippen LogP contribution >= 0.6 is 0 Å². The van der Waals surface area contributed by atoms with Crippen molar-refractivity contribution in [3.8, 4) is 0 Å². The molecule has 6 nitrogen and oxygen atoms in total. The number of nitrogens with one attached hydrogen (secondary N) is 3. The average molecular weight is 275 g/mol. The number of aromatic amines is 1. The molecule has 2 aromatic rings. The summed E-state index contributed by atoms with van der Waals surface area (Å²) in [6.45, 7) is 0.959. The monoisotopic (exact) mass is 275 g/mol. The van der Waals surface area contributed by atoms with Crippen LogP contribution in [0.3, 0.4) is 0 Å². The second-order valence-electron chi connectivity index (χ2n) is 4.34. The minimum Gasteiger partial charge on any atom is -0.385 e. The van der Waals surface area contributed by atoms with Gasteiger partial charge in [-0.2, -0.15) is 0 Å². The molecule has 0 spiro atoms. The summed E-state index contributed by atoms with van der Waals surface area (Å²) < 4.78 is 4.86. The third-order valence-corrected chi connectivity index (χ3v) is 2.83. The zero-order valence-corrected chi connectivity index (χ0v) is 11.2. The number of hydrogen-bond acceptors (Lipinski definition) is 3. The highest BCUT2D eigenvalue weighted by atomic mass is 16.5. The Kier molecular flexibility index (Phi) is 4.73. The summed E-state index contributed by atoms with van der Waals surface area (Å²) in [7, 11) is 1.59. The lowest BCUT2D eigenvalue weighted by Gasteiger charge is -2.06. The lowest BCUT2D eigenvalue weighted by molar-refractivity contribution is -0.136. The second kappa shape index (κ2) is 6.72.